The Bertz CT molecular complexity index is 517. The molecule has 1 aliphatic carbocycles. The maximum Gasteiger partial charge on any atom is 0.338 e. The van der Waals surface area contributed by atoms with Gasteiger partial charge in [-0.05, 0) is 60.8 Å². The molecule has 0 N–H and O–H groups in total. The Morgan fingerprint density at radius 1 is 1.24 bits per heavy atom. The van der Waals surface area contributed by atoms with E-state index in [-0.39, 0.29) is 11.4 Å². The van der Waals surface area contributed by atoms with Gasteiger partial charge in [-0.25, -0.2) is 4.79 Å². The monoisotopic (exact) mass is 286 g/mol. The summed E-state index contributed by atoms with van der Waals surface area (Å²) in [5, 5.41) is 0. The van der Waals surface area contributed by atoms with Gasteiger partial charge >= 0.3 is 5.97 Å². The van der Waals surface area contributed by atoms with Gasteiger partial charge in [-0.15, -0.1) is 0 Å². The van der Waals surface area contributed by atoms with Crippen LogP contribution >= 0.6 is 0 Å². The second-order valence-electron chi connectivity index (χ2n) is 6.81. The first-order valence-electron chi connectivity index (χ1n) is 7.91. The summed E-state index contributed by atoms with van der Waals surface area (Å²) in [6, 6.07) is 7.87. The Morgan fingerprint density at radius 2 is 1.90 bits per heavy atom. The summed E-state index contributed by atoms with van der Waals surface area (Å²) in [4.78, 5) is 11.7. The number of carbonyl (C=O) groups excluding carboxylic acids is 1. The summed E-state index contributed by atoms with van der Waals surface area (Å²) < 4.78 is 5.04. The first kappa shape index (κ1) is 15.8. The van der Waals surface area contributed by atoms with E-state index in [1.165, 1.54) is 24.0 Å². The molecular weight excluding hydrogens is 260 g/mol. The van der Waals surface area contributed by atoms with Crippen LogP contribution in [0.2, 0.25) is 0 Å². The molecule has 1 aromatic carbocycles. The normalized spacial score (nSPS) is 19.0. The zero-order valence-electron chi connectivity index (χ0n) is 13.6. The molecule has 114 valence electrons. The molecule has 1 unspecified atom stereocenters. The Hall–Kier alpha value is -1.57. The SMILES string of the molecule is CCOC(=O)c1ccc(C2=CCCCC2C(C)(C)C)cc1. The second kappa shape index (κ2) is 6.46. The minimum Gasteiger partial charge on any atom is -0.462 e. The van der Waals surface area contributed by atoms with Gasteiger partial charge in [-0.1, -0.05) is 39.0 Å². The van der Waals surface area contributed by atoms with Gasteiger partial charge in [0.15, 0.2) is 0 Å². The van der Waals surface area contributed by atoms with Gasteiger partial charge in [0.05, 0.1) is 12.2 Å². The topological polar surface area (TPSA) is 26.3 Å². The Labute approximate surface area is 128 Å². The van der Waals surface area contributed by atoms with Gasteiger partial charge in [-0.3, -0.25) is 0 Å². The van der Waals surface area contributed by atoms with Crippen molar-refractivity contribution in [3.8, 4) is 0 Å². The fraction of sp³-hybridized carbons (Fsp3) is 0.526. The third-order valence-corrected chi connectivity index (χ3v) is 4.21. The average Bonchev–Trinajstić information content (AvgIpc) is 2.47. The van der Waals surface area contributed by atoms with Gasteiger partial charge in [0.25, 0.3) is 0 Å². The molecule has 2 heteroatoms. The minimum atomic E-state index is -0.242. The summed E-state index contributed by atoms with van der Waals surface area (Å²) in [6.45, 7) is 9.17. The Morgan fingerprint density at radius 3 is 2.48 bits per heavy atom. The van der Waals surface area contributed by atoms with Crippen LogP contribution in [0.15, 0.2) is 30.3 Å². The van der Waals surface area contributed by atoms with Crippen molar-refractivity contribution in [1.29, 1.82) is 0 Å². The zero-order chi connectivity index (χ0) is 15.5. The van der Waals surface area contributed by atoms with Crippen LogP contribution in [0.3, 0.4) is 0 Å². The summed E-state index contributed by atoms with van der Waals surface area (Å²) in [6.07, 6.45) is 6.04. The van der Waals surface area contributed by atoms with E-state index in [0.29, 0.717) is 18.1 Å². The number of hydrogen-bond donors (Lipinski definition) is 0. The van der Waals surface area contributed by atoms with Crippen LogP contribution in [0.1, 0.15) is 62.9 Å². The van der Waals surface area contributed by atoms with Crippen molar-refractivity contribution in [3.05, 3.63) is 41.5 Å². The number of rotatable bonds is 3. The van der Waals surface area contributed by atoms with E-state index in [1.807, 2.05) is 19.1 Å². The van der Waals surface area contributed by atoms with Gasteiger partial charge in [-0.2, -0.15) is 0 Å². The van der Waals surface area contributed by atoms with Crippen LogP contribution < -0.4 is 0 Å². The smallest absolute Gasteiger partial charge is 0.338 e. The number of carbonyl (C=O) groups is 1. The lowest BCUT2D eigenvalue weighted by molar-refractivity contribution is 0.0526. The lowest BCUT2D eigenvalue weighted by Gasteiger charge is -2.35. The number of allylic oxidation sites excluding steroid dienone is 2. The third-order valence-electron chi connectivity index (χ3n) is 4.21. The van der Waals surface area contributed by atoms with E-state index in [1.54, 1.807) is 0 Å². The molecule has 1 aromatic rings. The van der Waals surface area contributed by atoms with E-state index in [2.05, 4.69) is 39.0 Å². The van der Waals surface area contributed by atoms with Gasteiger partial charge in [0.2, 0.25) is 0 Å². The van der Waals surface area contributed by atoms with Crippen molar-refractivity contribution in [2.75, 3.05) is 6.61 Å². The van der Waals surface area contributed by atoms with E-state index >= 15 is 0 Å². The molecule has 0 saturated heterocycles. The maximum atomic E-state index is 11.7. The second-order valence-corrected chi connectivity index (χ2v) is 6.81. The Kier molecular flexibility index (Phi) is 4.87. The zero-order valence-corrected chi connectivity index (χ0v) is 13.6. The van der Waals surface area contributed by atoms with Crippen molar-refractivity contribution in [3.63, 3.8) is 0 Å². The molecular formula is C19H26O2. The highest BCUT2D eigenvalue weighted by molar-refractivity contribution is 5.89. The molecule has 0 heterocycles. The van der Waals surface area contributed by atoms with E-state index in [9.17, 15) is 4.79 Å². The van der Waals surface area contributed by atoms with Crippen LogP contribution in [0, 0.1) is 11.3 Å². The Balaban J connectivity index is 2.25. The summed E-state index contributed by atoms with van der Waals surface area (Å²) >= 11 is 0. The van der Waals surface area contributed by atoms with Crippen molar-refractivity contribution in [2.45, 2.75) is 47.0 Å². The van der Waals surface area contributed by atoms with Crippen LogP contribution in [-0.2, 0) is 4.74 Å². The molecule has 2 nitrogen and oxygen atoms in total. The molecule has 1 atom stereocenters. The van der Waals surface area contributed by atoms with Crippen LogP contribution in [0.4, 0.5) is 0 Å². The largest absolute Gasteiger partial charge is 0.462 e. The molecule has 0 bridgehead atoms. The quantitative estimate of drug-likeness (QED) is 0.723. The summed E-state index contributed by atoms with van der Waals surface area (Å²) in [5.41, 5.74) is 3.57. The molecule has 21 heavy (non-hydrogen) atoms. The van der Waals surface area contributed by atoms with Crippen molar-refractivity contribution in [2.24, 2.45) is 11.3 Å². The highest BCUT2D eigenvalue weighted by atomic mass is 16.5. The van der Waals surface area contributed by atoms with Crippen LogP contribution in [-0.4, -0.2) is 12.6 Å². The lowest BCUT2D eigenvalue weighted by Crippen LogP contribution is -2.23. The lowest BCUT2D eigenvalue weighted by atomic mass is 9.69. The number of hydrogen-bond acceptors (Lipinski definition) is 2. The van der Waals surface area contributed by atoms with Crippen molar-refractivity contribution < 1.29 is 9.53 Å². The van der Waals surface area contributed by atoms with E-state index < -0.39 is 0 Å². The molecule has 0 spiro atoms. The third kappa shape index (κ3) is 3.75. The van der Waals surface area contributed by atoms with Crippen molar-refractivity contribution >= 4 is 11.5 Å². The molecule has 0 aliphatic heterocycles. The van der Waals surface area contributed by atoms with Gasteiger partial charge in [0.1, 0.15) is 0 Å². The molecule has 2 rings (SSSR count). The first-order chi connectivity index (χ1) is 9.93. The van der Waals surface area contributed by atoms with Crippen molar-refractivity contribution in [1.82, 2.24) is 0 Å². The number of esters is 1. The molecule has 0 aromatic heterocycles. The first-order valence-corrected chi connectivity index (χ1v) is 7.91. The summed E-state index contributed by atoms with van der Waals surface area (Å²) in [7, 11) is 0. The average molecular weight is 286 g/mol. The number of ether oxygens (including phenoxy) is 1. The predicted molar refractivity (Wildman–Crippen MR) is 87.2 cm³/mol. The molecule has 0 radical (unpaired) electrons. The predicted octanol–water partition coefficient (Wildman–Crippen LogP) is 5.09. The van der Waals surface area contributed by atoms with Crippen LogP contribution in [0.25, 0.3) is 5.57 Å². The van der Waals surface area contributed by atoms with E-state index in [0.717, 1.165) is 6.42 Å². The minimum absolute atomic E-state index is 0.242. The fourth-order valence-electron chi connectivity index (χ4n) is 3.11. The van der Waals surface area contributed by atoms with Gasteiger partial charge < -0.3 is 4.74 Å². The maximum absolute atomic E-state index is 11.7. The molecule has 0 fully saturated rings. The molecule has 1 aliphatic rings. The van der Waals surface area contributed by atoms with E-state index in [4.69, 9.17) is 4.74 Å². The van der Waals surface area contributed by atoms with Crippen LogP contribution in [0.5, 0.6) is 0 Å². The number of benzene rings is 1. The van der Waals surface area contributed by atoms with Gasteiger partial charge in [0, 0.05) is 0 Å². The fourth-order valence-corrected chi connectivity index (χ4v) is 3.11. The highest BCUT2D eigenvalue weighted by Crippen LogP contribution is 2.43. The molecule has 0 saturated carbocycles. The highest BCUT2D eigenvalue weighted by Gasteiger charge is 2.30. The summed E-state index contributed by atoms with van der Waals surface area (Å²) in [5.74, 6) is 0.341. The standard InChI is InChI=1S/C19H26O2/c1-5-21-18(20)15-12-10-14(11-13-15)16-8-6-7-9-17(16)19(2,3)4/h8,10-13,17H,5-7,9H2,1-4H3. The molecule has 0 amide bonds.